The quantitative estimate of drug-likeness (QED) is 0.531. The van der Waals surface area contributed by atoms with E-state index in [0.29, 0.717) is 6.92 Å². The van der Waals surface area contributed by atoms with Crippen LogP contribution < -0.4 is 0 Å². The normalized spacial score (nSPS) is 10.8. The fourth-order valence-electron chi connectivity index (χ4n) is 0.579. The van der Waals surface area contributed by atoms with E-state index < -0.39 is 24.5 Å². The molecule has 92 valence electrons. The molecular formula is C9H12F2O5. The van der Waals surface area contributed by atoms with Crippen LogP contribution in [-0.2, 0) is 19.1 Å². The molecule has 0 aromatic carbocycles. The van der Waals surface area contributed by atoms with Gasteiger partial charge in [0.2, 0.25) is 0 Å². The van der Waals surface area contributed by atoms with Crippen LogP contribution in [0.1, 0.15) is 6.92 Å². The second-order valence-electron chi connectivity index (χ2n) is 2.93. The van der Waals surface area contributed by atoms with Gasteiger partial charge in [-0.3, -0.25) is 0 Å². The third-order valence-corrected chi connectivity index (χ3v) is 1.35. The highest BCUT2D eigenvalue weighted by Gasteiger charge is 2.34. The summed E-state index contributed by atoms with van der Waals surface area (Å²) in [5.41, 5.74) is -0.286. The Balaban J connectivity index is 3.99. The van der Waals surface area contributed by atoms with E-state index in [1.54, 1.807) is 0 Å². The van der Waals surface area contributed by atoms with Crippen molar-refractivity contribution in [3.63, 3.8) is 0 Å². The first kappa shape index (κ1) is 14.5. The summed E-state index contributed by atoms with van der Waals surface area (Å²) in [4.78, 5) is 21.6. The molecule has 0 aliphatic rings. The van der Waals surface area contributed by atoms with Crippen molar-refractivity contribution in [2.45, 2.75) is 12.8 Å². The van der Waals surface area contributed by atoms with Gasteiger partial charge in [0, 0.05) is 6.92 Å². The molecule has 1 N–H and O–H groups in total. The first-order valence-corrected chi connectivity index (χ1v) is 4.30. The van der Waals surface area contributed by atoms with Crippen molar-refractivity contribution in [1.82, 2.24) is 0 Å². The standard InChI is InChI=1S/C9H12F2O5/c1-6(7(13)15-4-3-12)5-16-8(14)9(2,10)11/h12H,1,3-5H2,2H3. The van der Waals surface area contributed by atoms with Crippen molar-refractivity contribution in [1.29, 1.82) is 0 Å². The summed E-state index contributed by atoms with van der Waals surface area (Å²) < 4.78 is 33.2. The van der Waals surface area contributed by atoms with Gasteiger partial charge in [0.05, 0.1) is 12.2 Å². The van der Waals surface area contributed by atoms with Crippen molar-refractivity contribution >= 4 is 11.9 Å². The van der Waals surface area contributed by atoms with Crippen molar-refractivity contribution in [3.05, 3.63) is 12.2 Å². The first-order chi connectivity index (χ1) is 7.29. The van der Waals surface area contributed by atoms with E-state index in [1.165, 1.54) is 0 Å². The zero-order chi connectivity index (χ0) is 12.8. The average Bonchev–Trinajstić information content (AvgIpc) is 2.20. The Bertz CT molecular complexity index is 282. The zero-order valence-corrected chi connectivity index (χ0v) is 8.66. The lowest BCUT2D eigenvalue weighted by Crippen LogP contribution is -2.28. The number of carbonyl (C=O) groups is 2. The molecule has 0 amide bonds. The van der Waals surface area contributed by atoms with Gasteiger partial charge in [0.1, 0.15) is 13.2 Å². The summed E-state index contributed by atoms with van der Waals surface area (Å²) in [6.07, 6.45) is 0. The summed E-state index contributed by atoms with van der Waals surface area (Å²) >= 11 is 0. The number of halogens is 2. The Morgan fingerprint density at radius 1 is 1.38 bits per heavy atom. The molecule has 0 unspecified atom stereocenters. The molecule has 5 nitrogen and oxygen atoms in total. The van der Waals surface area contributed by atoms with Crippen LogP contribution in [0.2, 0.25) is 0 Å². The minimum atomic E-state index is -3.62. The zero-order valence-electron chi connectivity index (χ0n) is 8.66. The van der Waals surface area contributed by atoms with Gasteiger partial charge in [-0.1, -0.05) is 6.58 Å². The number of carbonyl (C=O) groups excluding carboxylic acids is 2. The van der Waals surface area contributed by atoms with E-state index in [4.69, 9.17) is 5.11 Å². The van der Waals surface area contributed by atoms with Crippen LogP contribution in [0.25, 0.3) is 0 Å². The molecule has 0 saturated heterocycles. The van der Waals surface area contributed by atoms with E-state index in [-0.39, 0.29) is 18.8 Å². The number of aliphatic hydroxyl groups is 1. The molecule has 0 fully saturated rings. The Hall–Kier alpha value is -1.50. The lowest BCUT2D eigenvalue weighted by molar-refractivity contribution is -0.168. The van der Waals surface area contributed by atoms with Crippen molar-refractivity contribution < 1.29 is 33.0 Å². The predicted octanol–water partition coefficient (Wildman–Crippen LogP) is 0.277. The summed E-state index contributed by atoms with van der Waals surface area (Å²) in [7, 11) is 0. The molecule has 0 aliphatic carbocycles. The third-order valence-electron chi connectivity index (χ3n) is 1.35. The highest BCUT2D eigenvalue weighted by Crippen LogP contribution is 2.14. The van der Waals surface area contributed by atoms with Crippen molar-refractivity contribution in [3.8, 4) is 0 Å². The van der Waals surface area contributed by atoms with Crippen LogP contribution in [0.15, 0.2) is 12.2 Å². The van der Waals surface area contributed by atoms with Gasteiger partial charge in [-0.2, -0.15) is 8.78 Å². The topological polar surface area (TPSA) is 72.8 Å². The second kappa shape index (κ2) is 6.16. The highest BCUT2D eigenvalue weighted by atomic mass is 19.3. The monoisotopic (exact) mass is 238 g/mol. The molecule has 16 heavy (non-hydrogen) atoms. The summed E-state index contributed by atoms with van der Waals surface area (Å²) in [5, 5.41) is 8.33. The van der Waals surface area contributed by atoms with Crippen LogP contribution in [-0.4, -0.2) is 42.8 Å². The van der Waals surface area contributed by atoms with Crippen LogP contribution in [0.3, 0.4) is 0 Å². The number of rotatable bonds is 6. The molecule has 0 aromatic rings. The fourth-order valence-corrected chi connectivity index (χ4v) is 0.579. The van der Waals surface area contributed by atoms with Gasteiger partial charge in [0.25, 0.3) is 0 Å². The number of alkyl halides is 2. The van der Waals surface area contributed by atoms with E-state index in [9.17, 15) is 18.4 Å². The molecule has 0 aromatic heterocycles. The maximum absolute atomic E-state index is 12.3. The lowest BCUT2D eigenvalue weighted by Gasteiger charge is -2.10. The van der Waals surface area contributed by atoms with Gasteiger partial charge in [-0.15, -0.1) is 0 Å². The fraction of sp³-hybridized carbons (Fsp3) is 0.556. The summed E-state index contributed by atoms with van der Waals surface area (Å²) in [6.45, 7) is 2.28. The minimum absolute atomic E-state index is 0.240. The molecule has 0 spiro atoms. The molecule has 0 bridgehead atoms. The highest BCUT2D eigenvalue weighted by molar-refractivity contribution is 5.88. The largest absolute Gasteiger partial charge is 0.460 e. The Morgan fingerprint density at radius 2 is 1.94 bits per heavy atom. The van der Waals surface area contributed by atoms with Gasteiger partial charge in [0.15, 0.2) is 0 Å². The molecule has 7 heteroatoms. The molecule has 0 radical (unpaired) electrons. The van der Waals surface area contributed by atoms with Gasteiger partial charge in [-0.05, 0) is 0 Å². The van der Waals surface area contributed by atoms with Crippen molar-refractivity contribution in [2.24, 2.45) is 0 Å². The Morgan fingerprint density at radius 3 is 2.38 bits per heavy atom. The third kappa shape index (κ3) is 5.40. The average molecular weight is 238 g/mol. The van der Waals surface area contributed by atoms with E-state index in [1.807, 2.05) is 0 Å². The second-order valence-corrected chi connectivity index (χ2v) is 2.93. The number of aliphatic hydroxyl groups excluding tert-OH is 1. The van der Waals surface area contributed by atoms with E-state index >= 15 is 0 Å². The maximum Gasteiger partial charge on any atom is 0.377 e. The lowest BCUT2D eigenvalue weighted by atomic mass is 10.3. The van der Waals surface area contributed by atoms with Crippen LogP contribution in [0.4, 0.5) is 8.78 Å². The summed E-state index contributed by atoms with van der Waals surface area (Å²) in [5.74, 6) is -6.28. The number of ether oxygens (including phenoxy) is 2. The molecular weight excluding hydrogens is 226 g/mol. The predicted molar refractivity (Wildman–Crippen MR) is 48.8 cm³/mol. The molecule has 0 aliphatic heterocycles. The van der Waals surface area contributed by atoms with E-state index in [2.05, 4.69) is 16.1 Å². The van der Waals surface area contributed by atoms with Crippen LogP contribution >= 0.6 is 0 Å². The number of hydrogen-bond acceptors (Lipinski definition) is 5. The number of esters is 2. The number of hydrogen-bond donors (Lipinski definition) is 1. The minimum Gasteiger partial charge on any atom is -0.460 e. The summed E-state index contributed by atoms with van der Waals surface area (Å²) in [6, 6.07) is 0. The van der Waals surface area contributed by atoms with Crippen LogP contribution in [0.5, 0.6) is 0 Å². The SMILES string of the molecule is C=C(COC(=O)C(C)(F)F)C(=O)OCCO. The molecule has 0 rings (SSSR count). The van der Waals surface area contributed by atoms with E-state index in [0.717, 1.165) is 0 Å². The maximum atomic E-state index is 12.3. The van der Waals surface area contributed by atoms with Crippen LogP contribution in [0, 0.1) is 0 Å². The van der Waals surface area contributed by atoms with Gasteiger partial charge in [-0.25, -0.2) is 9.59 Å². The Kier molecular flexibility index (Phi) is 5.59. The molecule has 0 heterocycles. The van der Waals surface area contributed by atoms with Gasteiger partial charge < -0.3 is 14.6 Å². The molecule has 0 saturated carbocycles. The smallest absolute Gasteiger partial charge is 0.377 e. The van der Waals surface area contributed by atoms with Gasteiger partial charge >= 0.3 is 17.9 Å². The van der Waals surface area contributed by atoms with Crippen molar-refractivity contribution in [2.75, 3.05) is 19.8 Å². The first-order valence-electron chi connectivity index (χ1n) is 4.30. The Labute approximate surface area is 90.6 Å². The molecule has 0 atom stereocenters.